The molecule has 1 saturated heterocycles. The Morgan fingerprint density at radius 3 is 2.60 bits per heavy atom. The Balaban J connectivity index is 1.06. The predicted molar refractivity (Wildman–Crippen MR) is 178 cm³/mol. The van der Waals surface area contributed by atoms with E-state index in [4.69, 9.17) is 37.9 Å². The molecule has 0 bridgehead atoms. The predicted octanol–water partition coefficient (Wildman–Crippen LogP) is 6.13. The van der Waals surface area contributed by atoms with Gasteiger partial charge >= 0.3 is 0 Å². The number of fused-ring (bicyclic) bond motifs is 3. The molecule has 3 heterocycles. The van der Waals surface area contributed by atoms with E-state index in [1.54, 1.807) is 12.1 Å². The summed E-state index contributed by atoms with van der Waals surface area (Å²) in [4.78, 5) is 29.4. The van der Waals surface area contributed by atoms with Crippen LogP contribution in [0.2, 0.25) is 10.0 Å². The maximum atomic E-state index is 12.6. The summed E-state index contributed by atoms with van der Waals surface area (Å²) >= 11 is 13.0. The highest BCUT2D eigenvalue weighted by atomic mass is 35.5. The Morgan fingerprint density at radius 2 is 1.78 bits per heavy atom. The molecule has 8 nitrogen and oxygen atoms in total. The maximum absolute atomic E-state index is 12.6. The van der Waals surface area contributed by atoms with E-state index in [9.17, 15) is 9.90 Å². The summed E-state index contributed by atoms with van der Waals surface area (Å²) in [6.07, 6.45) is 5.12. The number of aryl methyl sites for hydroxylation is 2. The molecule has 6 rings (SSSR count). The van der Waals surface area contributed by atoms with Crippen LogP contribution in [0.25, 0.3) is 11.3 Å². The zero-order valence-electron chi connectivity index (χ0n) is 24.9. The van der Waals surface area contributed by atoms with E-state index >= 15 is 0 Å². The molecule has 1 fully saturated rings. The number of aromatic nitrogens is 2. The van der Waals surface area contributed by atoms with Crippen molar-refractivity contribution in [2.24, 2.45) is 4.99 Å². The molecule has 4 aromatic rings. The number of benzene rings is 3. The maximum Gasteiger partial charge on any atom is 0.255 e. The first-order chi connectivity index (χ1) is 22.0. The SMILES string of the molecule is O=C(NCCN1CCOCC1)c1ccc(CCCCc2ncc3c(n2)-c2ccc(Cl)cc2C(c2ccccc2Cl)=NC3)cc1O. The van der Waals surface area contributed by atoms with Crippen molar-refractivity contribution in [1.82, 2.24) is 20.2 Å². The first-order valence-corrected chi connectivity index (χ1v) is 16.1. The van der Waals surface area contributed by atoms with Gasteiger partial charge in [-0.15, -0.1) is 0 Å². The number of morpholine rings is 1. The fraction of sp³-hybridized carbons (Fsp3) is 0.314. The molecule has 0 unspecified atom stereocenters. The number of carbonyl (C=O) groups excluding carboxylic acids is 1. The van der Waals surface area contributed by atoms with E-state index in [0.29, 0.717) is 35.1 Å². The molecule has 3 aromatic carbocycles. The van der Waals surface area contributed by atoms with Gasteiger partial charge in [-0.05, 0) is 55.2 Å². The highest BCUT2D eigenvalue weighted by Crippen LogP contribution is 2.34. The number of phenols is 1. The third-order valence-electron chi connectivity index (χ3n) is 8.18. The first-order valence-electron chi connectivity index (χ1n) is 15.3. The normalized spacial score (nSPS) is 14.7. The van der Waals surface area contributed by atoms with Crippen LogP contribution >= 0.6 is 23.2 Å². The number of hydrogen-bond acceptors (Lipinski definition) is 7. The monoisotopic (exact) mass is 643 g/mol. The number of nitrogens with zero attached hydrogens (tertiary/aromatic N) is 4. The van der Waals surface area contributed by atoms with E-state index in [1.165, 1.54) is 0 Å². The number of unbranched alkanes of at least 4 members (excludes halogenated alkanes) is 1. The summed E-state index contributed by atoms with van der Waals surface area (Å²) in [5.74, 6) is 0.506. The van der Waals surface area contributed by atoms with Crippen LogP contribution in [0.15, 0.2) is 71.9 Å². The fourth-order valence-electron chi connectivity index (χ4n) is 5.75. The number of amides is 1. The lowest BCUT2D eigenvalue weighted by atomic mass is 9.95. The minimum absolute atomic E-state index is 0.00241. The second-order valence-electron chi connectivity index (χ2n) is 11.3. The van der Waals surface area contributed by atoms with Crippen molar-refractivity contribution in [2.75, 3.05) is 39.4 Å². The third kappa shape index (κ3) is 7.53. The van der Waals surface area contributed by atoms with Gasteiger partial charge in [0.2, 0.25) is 0 Å². The number of aromatic hydroxyl groups is 1. The van der Waals surface area contributed by atoms with Crippen molar-refractivity contribution in [2.45, 2.75) is 32.2 Å². The topological polar surface area (TPSA) is 99.9 Å². The van der Waals surface area contributed by atoms with Crippen molar-refractivity contribution in [1.29, 1.82) is 0 Å². The lowest BCUT2D eigenvalue weighted by Crippen LogP contribution is -2.41. The summed E-state index contributed by atoms with van der Waals surface area (Å²) in [5.41, 5.74) is 6.58. The van der Waals surface area contributed by atoms with Crippen molar-refractivity contribution in [3.05, 3.63) is 111 Å². The largest absolute Gasteiger partial charge is 0.507 e. The van der Waals surface area contributed by atoms with Gasteiger partial charge in [0.1, 0.15) is 11.6 Å². The number of hydrogen-bond donors (Lipinski definition) is 2. The molecule has 1 aromatic heterocycles. The number of phenolic OH excluding ortho intramolecular Hbond substituents is 1. The zero-order valence-corrected chi connectivity index (χ0v) is 26.4. The number of ether oxygens (including phenoxy) is 1. The molecule has 2 aliphatic heterocycles. The summed E-state index contributed by atoms with van der Waals surface area (Å²) in [5, 5.41) is 14.7. The molecule has 1 amide bonds. The van der Waals surface area contributed by atoms with Gasteiger partial charge < -0.3 is 15.2 Å². The minimum atomic E-state index is -0.263. The van der Waals surface area contributed by atoms with Crippen LogP contribution in [0.1, 0.15) is 51.3 Å². The molecule has 0 atom stereocenters. The van der Waals surface area contributed by atoms with Crippen LogP contribution in [0.3, 0.4) is 0 Å². The fourth-order valence-corrected chi connectivity index (χ4v) is 6.15. The molecule has 2 aliphatic rings. The minimum Gasteiger partial charge on any atom is -0.507 e. The number of nitrogens with one attached hydrogen (secondary N) is 1. The van der Waals surface area contributed by atoms with Crippen LogP contribution in [-0.2, 0) is 24.1 Å². The lowest BCUT2D eigenvalue weighted by molar-refractivity contribution is 0.0383. The molecule has 0 aliphatic carbocycles. The second kappa shape index (κ2) is 14.5. The van der Waals surface area contributed by atoms with Gasteiger partial charge in [0.05, 0.1) is 36.7 Å². The molecule has 2 N–H and O–H groups in total. The van der Waals surface area contributed by atoms with Gasteiger partial charge in [0.15, 0.2) is 0 Å². The summed E-state index contributed by atoms with van der Waals surface area (Å²) < 4.78 is 5.36. The van der Waals surface area contributed by atoms with Gasteiger partial charge in [-0.2, -0.15) is 0 Å². The van der Waals surface area contributed by atoms with Crippen molar-refractivity contribution in [3.8, 4) is 17.0 Å². The van der Waals surface area contributed by atoms with Crippen molar-refractivity contribution >= 4 is 34.8 Å². The zero-order chi connectivity index (χ0) is 31.2. The average Bonchev–Trinajstić information content (AvgIpc) is 3.20. The third-order valence-corrected chi connectivity index (χ3v) is 8.75. The molecular weight excluding hydrogens is 609 g/mol. The highest BCUT2D eigenvalue weighted by Gasteiger charge is 2.22. The number of halogens is 2. The van der Waals surface area contributed by atoms with Crippen LogP contribution in [0.4, 0.5) is 0 Å². The van der Waals surface area contributed by atoms with E-state index in [0.717, 1.165) is 97.2 Å². The lowest BCUT2D eigenvalue weighted by Gasteiger charge is -2.26. The molecule has 45 heavy (non-hydrogen) atoms. The Bertz CT molecular complexity index is 1720. The molecule has 0 radical (unpaired) electrons. The van der Waals surface area contributed by atoms with E-state index in [2.05, 4.69) is 15.2 Å². The van der Waals surface area contributed by atoms with E-state index in [-0.39, 0.29) is 11.7 Å². The Kier molecular flexibility index (Phi) is 10.1. The van der Waals surface area contributed by atoms with E-state index < -0.39 is 0 Å². The molecule has 0 spiro atoms. The van der Waals surface area contributed by atoms with Gasteiger partial charge in [-0.25, -0.2) is 9.97 Å². The van der Waals surface area contributed by atoms with E-state index in [1.807, 2.05) is 54.7 Å². The quantitative estimate of drug-likeness (QED) is 0.202. The average molecular weight is 645 g/mol. The highest BCUT2D eigenvalue weighted by molar-refractivity contribution is 6.36. The Hall–Kier alpha value is -3.82. The number of aliphatic imine (C=N–C) groups is 1. The van der Waals surface area contributed by atoms with Gasteiger partial charge in [-0.1, -0.05) is 53.5 Å². The second-order valence-corrected chi connectivity index (χ2v) is 12.1. The standard InChI is InChI=1S/C35H35Cl2N5O3/c36-25-10-12-26-29(20-25)34(27-6-2-3-7-30(27)37)40-22-24-21-39-32(41-33(24)26)8-4-1-5-23-9-11-28(31(43)19-23)35(44)38-13-14-42-15-17-45-18-16-42/h2-3,6-7,9-12,19-21,43H,1,4-5,8,13-18,22H2,(H,38,44). The van der Waals surface area contributed by atoms with Crippen LogP contribution in [0.5, 0.6) is 5.75 Å². The number of carbonyl (C=O) groups is 1. The van der Waals surface area contributed by atoms with Gasteiger partial charge in [0.25, 0.3) is 5.91 Å². The van der Waals surface area contributed by atoms with Crippen molar-refractivity contribution in [3.63, 3.8) is 0 Å². The Morgan fingerprint density at radius 1 is 0.956 bits per heavy atom. The van der Waals surface area contributed by atoms with Crippen LogP contribution in [0, 0.1) is 0 Å². The number of rotatable bonds is 10. The van der Waals surface area contributed by atoms with Gasteiger partial charge in [0, 0.05) is 71.1 Å². The summed E-state index contributed by atoms with van der Waals surface area (Å²) in [6.45, 7) is 4.92. The molecule has 232 valence electrons. The van der Waals surface area contributed by atoms with Crippen LogP contribution in [-0.4, -0.2) is 71.0 Å². The summed E-state index contributed by atoms with van der Waals surface area (Å²) in [7, 11) is 0. The molecule has 10 heteroatoms. The molecule has 0 saturated carbocycles. The van der Waals surface area contributed by atoms with Gasteiger partial charge in [-0.3, -0.25) is 14.7 Å². The Labute approximate surface area is 273 Å². The first kappa shape index (κ1) is 31.2. The smallest absolute Gasteiger partial charge is 0.255 e. The summed E-state index contributed by atoms with van der Waals surface area (Å²) in [6, 6.07) is 18.8. The van der Waals surface area contributed by atoms with Crippen molar-refractivity contribution < 1.29 is 14.6 Å². The van der Waals surface area contributed by atoms with Crippen LogP contribution < -0.4 is 5.32 Å². The molecular formula is C35H35Cl2N5O3.